The van der Waals surface area contributed by atoms with E-state index in [1.807, 2.05) is 37.4 Å². The number of benzene rings is 2. The molecule has 2 unspecified atom stereocenters. The monoisotopic (exact) mass is 448 g/mol. The first kappa shape index (κ1) is 22.0. The van der Waals surface area contributed by atoms with Gasteiger partial charge >= 0.3 is 5.97 Å². The number of nitrogens with zero attached hydrogens (tertiary/aromatic N) is 1. The van der Waals surface area contributed by atoms with Crippen molar-refractivity contribution in [3.05, 3.63) is 64.8 Å². The van der Waals surface area contributed by atoms with Gasteiger partial charge in [-0.05, 0) is 81.8 Å². The molecular formula is C27H32N2O4. The standard InChI is InChI=1S/C27H32N2O4/c1-17-14-23(30)21(20-8-12-28-24(17)20)16-29-13-11-27(10-9-26(2,3)33-27)15-22(29)18-4-6-19(7-5-18)25(31)32/h4-8,12,14,22,28,30H,9-11,13,15-16H2,1-3H3,(H,31,32). The number of H-pyrrole nitrogens is 1. The van der Waals surface area contributed by atoms with E-state index in [4.69, 9.17) is 4.74 Å². The Kier molecular flexibility index (Phi) is 5.26. The number of piperidine rings is 1. The number of aromatic carboxylic acids is 1. The van der Waals surface area contributed by atoms with Crippen molar-refractivity contribution in [1.29, 1.82) is 0 Å². The predicted octanol–water partition coefficient (Wildman–Crippen LogP) is 5.55. The molecule has 3 aromatic rings. The number of ether oxygens (including phenoxy) is 1. The van der Waals surface area contributed by atoms with Crippen molar-refractivity contribution >= 4 is 16.9 Å². The van der Waals surface area contributed by atoms with E-state index in [2.05, 4.69) is 23.7 Å². The minimum absolute atomic E-state index is 0.0742. The molecule has 0 bridgehead atoms. The fourth-order valence-electron chi connectivity index (χ4n) is 5.81. The Hall–Kier alpha value is -2.83. The molecule has 2 fully saturated rings. The molecule has 3 N–H and O–H groups in total. The van der Waals surface area contributed by atoms with Gasteiger partial charge in [-0.15, -0.1) is 0 Å². The summed E-state index contributed by atoms with van der Waals surface area (Å²) < 4.78 is 6.61. The van der Waals surface area contributed by atoms with Crippen LogP contribution in [0.5, 0.6) is 5.75 Å². The average molecular weight is 449 g/mol. The Bertz CT molecular complexity index is 1200. The smallest absolute Gasteiger partial charge is 0.335 e. The summed E-state index contributed by atoms with van der Waals surface area (Å²) in [4.78, 5) is 17.1. The van der Waals surface area contributed by atoms with Crippen molar-refractivity contribution < 1.29 is 19.7 Å². The Balaban J connectivity index is 1.51. The minimum Gasteiger partial charge on any atom is -0.508 e. The van der Waals surface area contributed by atoms with Crippen LogP contribution < -0.4 is 0 Å². The summed E-state index contributed by atoms with van der Waals surface area (Å²) in [5.74, 6) is -0.600. The van der Waals surface area contributed by atoms with Gasteiger partial charge in [0.2, 0.25) is 0 Å². The fraction of sp³-hybridized carbons (Fsp3) is 0.444. The summed E-state index contributed by atoms with van der Waals surface area (Å²) in [6, 6.07) is 11.2. The van der Waals surface area contributed by atoms with E-state index in [1.165, 1.54) is 0 Å². The average Bonchev–Trinajstić information content (AvgIpc) is 3.37. The van der Waals surface area contributed by atoms with Crippen LogP contribution in [0.2, 0.25) is 0 Å². The number of hydrogen-bond acceptors (Lipinski definition) is 4. The van der Waals surface area contributed by atoms with Crippen LogP contribution in [0, 0.1) is 6.92 Å². The number of likely N-dealkylation sites (tertiary alicyclic amines) is 1. The molecule has 3 heterocycles. The molecule has 2 atom stereocenters. The molecule has 5 rings (SSSR count). The summed E-state index contributed by atoms with van der Waals surface area (Å²) in [6.45, 7) is 7.79. The lowest BCUT2D eigenvalue weighted by Gasteiger charge is -2.46. The van der Waals surface area contributed by atoms with E-state index in [9.17, 15) is 15.0 Å². The fourth-order valence-corrected chi connectivity index (χ4v) is 5.81. The molecule has 0 saturated carbocycles. The molecule has 2 aliphatic rings. The molecule has 1 aromatic heterocycles. The lowest BCUT2D eigenvalue weighted by molar-refractivity contribution is -0.126. The number of aromatic amines is 1. The number of aromatic nitrogens is 1. The van der Waals surface area contributed by atoms with E-state index < -0.39 is 5.97 Å². The summed E-state index contributed by atoms with van der Waals surface area (Å²) >= 11 is 0. The molecule has 0 aliphatic carbocycles. The third kappa shape index (κ3) is 4.02. The number of phenols is 1. The van der Waals surface area contributed by atoms with Crippen LogP contribution in [-0.2, 0) is 11.3 Å². The van der Waals surface area contributed by atoms with Crippen LogP contribution in [0.15, 0.2) is 42.6 Å². The lowest BCUT2D eigenvalue weighted by atomic mass is 9.81. The topological polar surface area (TPSA) is 85.8 Å². The molecule has 174 valence electrons. The largest absolute Gasteiger partial charge is 0.508 e. The second kappa shape index (κ2) is 7.89. The third-order valence-corrected chi connectivity index (χ3v) is 7.57. The van der Waals surface area contributed by atoms with Crippen molar-refractivity contribution in [2.24, 2.45) is 0 Å². The van der Waals surface area contributed by atoms with Crippen LogP contribution in [0.1, 0.15) is 72.6 Å². The Morgan fingerprint density at radius 2 is 1.94 bits per heavy atom. The molecule has 1 spiro atoms. The number of phenolic OH excluding ortho intramolecular Hbond substituents is 1. The maximum absolute atomic E-state index is 11.4. The first-order valence-electron chi connectivity index (χ1n) is 11.7. The van der Waals surface area contributed by atoms with Crippen LogP contribution in [0.3, 0.4) is 0 Å². The first-order chi connectivity index (χ1) is 15.7. The number of carboxylic acid groups (broad SMARTS) is 1. The number of hydrogen-bond donors (Lipinski definition) is 3. The Morgan fingerprint density at radius 1 is 1.18 bits per heavy atom. The highest BCUT2D eigenvalue weighted by molar-refractivity contribution is 5.88. The normalized spacial score (nSPS) is 25.1. The van der Waals surface area contributed by atoms with Crippen molar-refractivity contribution in [3.63, 3.8) is 0 Å². The summed E-state index contributed by atoms with van der Waals surface area (Å²) in [7, 11) is 0. The number of rotatable bonds is 4. The number of aromatic hydroxyl groups is 1. The van der Waals surface area contributed by atoms with Crippen molar-refractivity contribution in [1.82, 2.24) is 9.88 Å². The van der Waals surface area contributed by atoms with Crippen LogP contribution >= 0.6 is 0 Å². The van der Waals surface area contributed by atoms with E-state index in [0.29, 0.717) is 17.9 Å². The van der Waals surface area contributed by atoms with E-state index >= 15 is 0 Å². The highest BCUT2D eigenvalue weighted by Gasteiger charge is 2.49. The second-order valence-corrected chi connectivity index (χ2v) is 10.4. The van der Waals surface area contributed by atoms with Gasteiger partial charge in [0.05, 0.1) is 16.8 Å². The van der Waals surface area contributed by atoms with Crippen molar-refractivity contribution in [2.75, 3.05) is 6.54 Å². The minimum atomic E-state index is -0.918. The summed E-state index contributed by atoms with van der Waals surface area (Å²) in [5, 5.41) is 21.2. The molecule has 0 amide bonds. The zero-order valence-corrected chi connectivity index (χ0v) is 19.5. The second-order valence-electron chi connectivity index (χ2n) is 10.4. The van der Waals surface area contributed by atoms with E-state index in [-0.39, 0.29) is 17.2 Å². The van der Waals surface area contributed by atoms with Crippen LogP contribution in [-0.4, -0.2) is 43.8 Å². The maximum atomic E-state index is 11.4. The van der Waals surface area contributed by atoms with E-state index in [0.717, 1.165) is 59.8 Å². The summed E-state index contributed by atoms with van der Waals surface area (Å²) in [5.41, 5.74) is 4.10. The molecule has 2 aliphatic heterocycles. The number of nitrogens with one attached hydrogen (secondary N) is 1. The third-order valence-electron chi connectivity index (χ3n) is 7.57. The van der Waals surface area contributed by atoms with Gasteiger partial charge in [0, 0.05) is 41.8 Å². The van der Waals surface area contributed by atoms with Gasteiger partial charge in [0.1, 0.15) is 5.75 Å². The van der Waals surface area contributed by atoms with Crippen LogP contribution in [0.25, 0.3) is 10.9 Å². The van der Waals surface area contributed by atoms with Gasteiger partial charge in [-0.2, -0.15) is 0 Å². The number of carboxylic acids is 1. The van der Waals surface area contributed by atoms with Gasteiger partial charge in [0.25, 0.3) is 0 Å². The lowest BCUT2D eigenvalue weighted by Crippen LogP contribution is -2.46. The zero-order chi connectivity index (χ0) is 23.4. The Morgan fingerprint density at radius 3 is 2.61 bits per heavy atom. The maximum Gasteiger partial charge on any atom is 0.335 e. The summed E-state index contributed by atoms with van der Waals surface area (Å²) in [6.07, 6.45) is 5.80. The number of aryl methyl sites for hydroxylation is 1. The molecule has 2 aromatic carbocycles. The highest BCUT2D eigenvalue weighted by atomic mass is 16.5. The molecule has 6 nitrogen and oxygen atoms in total. The highest BCUT2D eigenvalue weighted by Crippen LogP contribution is 2.49. The molecular weight excluding hydrogens is 416 g/mol. The first-order valence-corrected chi connectivity index (χ1v) is 11.7. The zero-order valence-electron chi connectivity index (χ0n) is 19.5. The quantitative estimate of drug-likeness (QED) is 0.488. The van der Waals surface area contributed by atoms with Crippen molar-refractivity contribution in [3.8, 4) is 5.75 Å². The number of fused-ring (bicyclic) bond motifs is 1. The van der Waals surface area contributed by atoms with Crippen LogP contribution in [0.4, 0.5) is 0 Å². The van der Waals surface area contributed by atoms with E-state index in [1.54, 1.807) is 12.1 Å². The van der Waals surface area contributed by atoms with Gasteiger partial charge in [-0.25, -0.2) is 4.79 Å². The molecule has 0 radical (unpaired) electrons. The number of carbonyl (C=O) groups is 1. The van der Waals surface area contributed by atoms with Gasteiger partial charge < -0.3 is 19.9 Å². The van der Waals surface area contributed by atoms with Gasteiger partial charge in [-0.1, -0.05) is 12.1 Å². The Labute approximate surface area is 194 Å². The predicted molar refractivity (Wildman–Crippen MR) is 128 cm³/mol. The molecule has 2 saturated heterocycles. The van der Waals surface area contributed by atoms with Crippen molar-refractivity contribution in [2.45, 2.75) is 70.2 Å². The molecule has 33 heavy (non-hydrogen) atoms. The molecule has 6 heteroatoms. The van der Waals surface area contributed by atoms with Gasteiger partial charge in [-0.3, -0.25) is 4.90 Å². The van der Waals surface area contributed by atoms with Gasteiger partial charge in [0.15, 0.2) is 0 Å². The SMILES string of the molecule is Cc1cc(O)c(CN2CCC3(CCC(C)(C)O3)CC2c2ccc(C(=O)O)cc2)c2cc[nH]c12.